The van der Waals surface area contributed by atoms with Crippen molar-refractivity contribution in [3.63, 3.8) is 0 Å². The maximum Gasteiger partial charge on any atom is 0.263 e. The highest BCUT2D eigenvalue weighted by molar-refractivity contribution is 7.93. The Labute approximate surface area is 117 Å². The zero-order chi connectivity index (χ0) is 13.9. The minimum atomic E-state index is -3.53. The molecule has 0 saturated carbocycles. The molecule has 0 aliphatic heterocycles. The van der Waals surface area contributed by atoms with Crippen LogP contribution in [0.2, 0.25) is 0 Å². The van der Waals surface area contributed by atoms with Gasteiger partial charge in [-0.25, -0.2) is 13.4 Å². The van der Waals surface area contributed by atoms with Crippen molar-refractivity contribution in [2.75, 3.05) is 4.72 Å². The van der Waals surface area contributed by atoms with E-state index in [0.717, 1.165) is 24.1 Å². The average Bonchev–Trinajstić information content (AvgIpc) is 2.75. The molecule has 102 valence electrons. The number of hydrogen-bond donors (Lipinski definition) is 1. The molecule has 1 N–H and O–H groups in total. The third-order valence-electron chi connectivity index (χ3n) is 2.61. The predicted molar refractivity (Wildman–Crippen MR) is 78.1 cm³/mol. The fraction of sp³-hybridized carbons (Fsp3) is 0.308. The summed E-state index contributed by atoms with van der Waals surface area (Å²) in [5.74, 6) is 0. The number of benzene rings is 1. The Kier molecular flexibility index (Phi) is 4.21. The van der Waals surface area contributed by atoms with Gasteiger partial charge in [-0.1, -0.05) is 25.5 Å². The van der Waals surface area contributed by atoms with E-state index in [9.17, 15) is 8.42 Å². The summed E-state index contributed by atoms with van der Waals surface area (Å²) in [5, 5.41) is 2.21. The van der Waals surface area contributed by atoms with Gasteiger partial charge in [-0.05, 0) is 31.0 Å². The molecule has 0 atom stereocenters. The molecule has 6 heteroatoms. The highest BCUT2D eigenvalue weighted by atomic mass is 32.2. The van der Waals surface area contributed by atoms with Gasteiger partial charge >= 0.3 is 0 Å². The summed E-state index contributed by atoms with van der Waals surface area (Å²) >= 11 is 1.28. The topological polar surface area (TPSA) is 59.1 Å². The number of nitrogens with zero attached hydrogens (tertiary/aromatic N) is 1. The van der Waals surface area contributed by atoms with Crippen LogP contribution in [-0.4, -0.2) is 13.4 Å². The van der Waals surface area contributed by atoms with Crippen LogP contribution in [0.15, 0.2) is 34.5 Å². The third-order valence-corrected chi connectivity index (χ3v) is 4.97. The first-order chi connectivity index (χ1) is 9.01. The monoisotopic (exact) mass is 296 g/mol. The second kappa shape index (κ2) is 5.71. The van der Waals surface area contributed by atoms with Crippen LogP contribution >= 0.6 is 11.3 Å². The Hall–Kier alpha value is -1.40. The number of aromatic nitrogens is 1. The van der Waals surface area contributed by atoms with E-state index in [-0.39, 0.29) is 4.90 Å². The first-order valence-corrected chi connectivity index (χ1v) is 8.41. The molecule has 0 bridgehead atoms. The molecular formula is C13H16N2O2S2. The molecular weight excluding hydrogens is 280 g/mol. The van der Waals surface area contributed by atoms with Gasteiger partial charge in [0.25, 0.3) is 10.0 Å². The highest BCUT2D eigenvalue weighted by Crippen LogP contribution is 2.20. The van der Waals surface area contributed by atoms with Crippen LogP contribution in [0.3, 0.4) is 0 Å². The Balaban J connectivity index is 2.19. The molecule has 1 heterocycles. The van der Waals surface area contributed by atoms with Crippen LogP contribution in [0, 0.1) is 6.92 Å². The number of aryl methyl sites for hydroxylation is 2. The molecule has 0 unspecified atom stereocenters. The van der Waals surface area contributed by atoms with Gasteiger partial charge in [0.1, 0.15) is 0 Å². The van der Waals surface area contributed by atoms with Crippen molar-refractivity contribution in [3.05, 3.63) is 40.9 Å². The summed E-state index contributed by atoms with van der Waals surface area (Å²) in [6.07, 6.45) is 2.00. The SMILES string of the molecule is CCCc1ccc(S(=O)(=O)Nc2nc(C)cs2)cc1. The maximum absolute atomic E-state index is 12.1. The molecule has 0 fully saturated rings. The minimum absolute atomic E-state index is 0.264. The summed E-state index contributed by atoms with van der Waals surface area (Å²) < 4.78 is 26.8. The summed E-state index contributed by atoms with van der Waals surface area (Å²) in [6, 6.07) is 6.97. The first kappa shape index (κ1) is 14.0. The zero-order valence-corrected chi connectivity index (χ0v) is 12.5. The Morgan fingerprint density at radius 1 is 1.26 bits per heavy atom. The van der Waals surface area contributed by atoms with E-state index in [1.54, 1.807) is 12.1 Å². The van der Waals surface area contributed by atoms with Gasteiger partial charge in [0, 0.05) is 5.38 Å². The fourth-order valence-electron chi connectivity index (χ4n) is 1.70. The number of anilines is 1. The standard InChI is InChI=1S/C13H16N2O2S2/c1-3-4-11-5-7-12(8-6-11)19(16,17)15-13-14-10(2)9-18-13/h5-9H,3-4H2,1-2H3,(H,14,15). The molecule has 0 aliphatic carbocycles. The molecule has 0 saturated heterocycles. The van der Waals surface area contributed by atoms with Crippen molar-refractivity contribution < 1.29 is 8.42 Å². The second-order valence-corrected chi connectivity index (χ2v) is 6.83. The van der Waals surface area contributed by atoms with E-state index in [4.69, 9.17) is 0 Å². The van der Waals surface area contributed by atoms with E-state index in [1.165, 1.54) is 11.3 Å². The van der Waals surface area contributed by atoms with E-state index >= 15 is 0 Å². The van der Waals surface area contributed by atoms with Crippen LogP contribution in [-0.2, 0) is 16.4 Å². The number of thiazole rings is 1. The summed E-state index contributed by atoms with van der Waals surface area (Å²) in [4.78, 5) is 4.36. The normalized spacial score (nSPS) is 11.5. The molecule has 4 nitrogen and oxygen atoms in total. The predicted octanol–water partition coefficient (Wildman–Crippen LogP) is 3.20. The molecule has 19 heavy (non-hydrogen) atoms. The Morgan fingerprint density at radius 3 is 2.47 bits per heavy atom. The second-order valence-electron chi connectivity index (χ2n) is 4.29. The molecule has 2 aromatic rings. The van der Waals surface area contributed by atoms with E-state index < -0.39 is 10.0 Å². The van der Waals surface area contributed by atoms with Crippen molar-refractivity contribution >= 4 is 26.5 Å². The molecule has 0 aliphatic rings. The van der Waals surface area contributed by atoms with Crippen molar-refractivity contribution in [2.45, 2.75) is 31.6 Å². The number of sulfonamides is 1. The van der Waals surface area contributed by atoms with Crippen LogP contribution in [0.4, 0.5) is 5.13 Å². The summed E-state index contributed by atoms with van der Waals surface area (Å²) in [6.45, 7) is 3.92. The zero-order valence-electron chi connectivity index (χ0n) is 10.9. The molecule has 0 amide bonds. The van der Waals surface area contributed by atoms with Crippen LogP contribution < -0.4 is 4.72 Å². The van der Waals surface area contributed by atoms with Crippen molar-refractivity contribution in [1.82, 2.24) is 4.98 Å². The molecule has 1 aromatic carbocycles. The lowest BCUT2D eigenvalue weighted by Gasteiger charge is -2.06. The third kappa shape index (κ3) is 3.54. The van der Waals surface area contributed by atoms with Gasteiger partial charge in [-0.15, -0.1) is 11.3 Å². The number of nitrogens with one attached hydrogen (secondary N) is 1. The van der Waals surface area contributed by atoms with E-state index in [0.29, 0.717) is 5.13 Å². The first-order valence-electron chi connectivity index (χ1n) is 6.05. The van der Waals surface area contributed by atoms with Gasteiger partial charge in [-0.3, -0.25) is 4.72 Å². The van der Waals surface area contributed by atoms with Gasteiger partial charge in [0.15, 0.2) is 5.13 Å². The van der Waals surface area contributed by atoms with Crippen LogP contribution in [0.1, 0.15) is 24.6 Å². The van der Waals surface area contributed by atoms with Crippen LogP contribution in [0.5, 0.6) is 0 Å². The van der Waals surface area contributed by atoms with Crippen molar-refractivity contribution in [3.8, 4) is 0 Å². The van der Waals surface area contributed by atoms with Crippen molar-refractivity contribution in [1.29, 1.82) is 0 Å². The number of hydrogen-bond acceptors (Lipinski definition) is 4. The summed E-state index contributed by atoms with van der Waals surface area (Å²) in [7, 11) is -3.53. The highest BCUT2D eigenvalue weighted by Gasteiger charge is 2.15. The largest absolute Gasteiger partial charge is 0.263 e. The molecule has 0 radical (unpaired) electrons. The summed E-state index contributed by atoms with van der Waals surface area (Å²) in [5.41, 5.74) is 1.95. The smallest absolute Gasteiger partial charge is 0.255 e. The van der Waals surface area contributed by atoms with Gasteiger partial charge < -0.3 is 0 Å². The quantitative estimate of drug-likeness (QED) is 0.921. The Morgan fingerprint density at radius 2 is 1.95 bits per heavy atom. The lowest BCUT2D eigenvalue weighted by atomic mass is 10.1. The fourth-order valence-corrected chi connectivity index (χ4v) is 3.64. The lowest BCUT2D eigenvalue weighted by molar-refractivity contribution is 0.601. The van der Waals surface area contributed by atoms with Gasteiger partial charge in [0.05, 0.1) is 10.6 Å². The van der Waals surface area contributed by atoms with E-state index in [2.05, 4.69) is 16.6 Å². The van der Waals surface area contributed by atoms with Gasteiger partial charge in [-0.2, -0.15) is 0 Å². The Bertz CT molecular complexity index is 646. The van der Waals surface area contributed by atoms with Gasteiger partial charge in [0.2, 0.25) is 0 Å². The maximum atomic E-state index is 12.1. The molecule has 2 rings (SSSR count). The van der Waals surface area contributed by atoms with Crippen LogP contribution in [0.25, 0.3) is 0 Å². The molecule has 1 aromatic heterocycles. The average molecular weight is 296 g/mol. The lowest BCUT2D eigenvalue weighted by Crippen LogP contribution is -2.12. The number of rotatable bonds is 5. The van der Waals surface area contributed by atoms with Crippen molar-refractivity contribution in [2.24, 2.45) is 0 Å². The minimum Gasteiger partial charge on any atom is -0.255 e. The van der Waals surface area contributed by atoms with E-state index in [1.807, 2.05) is 24.4 Å². The molecule has 0 spiro atoms.